The number of benzene rings is 2. The number of ether oxygens (including phenoxy) is 3. The lowest BCUT2D eigenvalue weighted by atomic mass is 10.1. The van der Waals surface area contributed by atoms with Crippen LogP contribution < -0.4 is 19.5 Å². The summed E-state index contributed by atoms with van der Waals surface area (Å²) in [4.78, 5) is 13.1. The molecule has 0 bridgehead atoms. The summed E-state index contributed by atoms with van der Waals surface area (Å²) < 4.78 is 34.2. The zero-order valence-electron chi connectivity index (χ0n) is 18.0. The van der Waals surface area contributed by atoms with E-state index in [1.807, 2.05) is 6.07 Å². The molecule has 1 aromatic heterocycles. The minimum absolute atomic E-state index is 0.160. The van der Waals surface area contributed by atoms with Crippen LogP contribution in [0.2, 0.25) is 5.02 Å². The fourth-order valence-corrected chi connectivity index (χ4v) is 4.28. The van der Waals surface area contributed by atoms with Gasteiger partial charge in [0.15, 0.2) is 17.3 Å². The van der Waals surface area contributed by atoms with Crippen LogP contribution in [0.15, 0.2) is 57.8 Å². The first-order valence-corrected chi connectivity index (χ1v) is 11.4. The van der Waals surface area contributed by atoms with Crippen LogP contribution in [0.5, 0.6) is 17.2 Å². The van der Waals surface area contributed by atoms with Crippen LogP contribution in [0.4, 0.5) is 0 Å². The molecule has 0 spiro atoms. The Bertz CT molecular complexity index is 1100. The molecule has 0 saturated heterocycles. The van der Waals surface area contributed by atoms with Crippen LogP contribution >= 0.6 is 11.6 Å². The summed E-state index contributed by atoms with van der Waals surface area (Å²) in [6.07, 6.45) is 0.517. The molecule has 9 heteroatoms. The van der Waals surface area contributed by atoms with Crippen molar-refractivity contribution >= 4 is 28.3 Å². The number of nitrogens with one attached hydrogen (secondary N) is 1. The van der Waals surface area contributed by atoms with E-state index in [1.165, 1.54) is 0 Å². The number of rotatable bonds is 10. The predicted octanol–water partition coefficient (Wildman–Crippen LogP) is 4.24. The Hall–Kier alpha value is -2.97. The molecule has 0 radical (unpaired) electrons. The standard InChI is InChI=1S/C23H24ClNO6S/c1-28-19-10-4-15(21(29-2)22(19)30-3)12-13-25-23(26)20-11-7-17(31-20)14-32(27)18-8-5-16(24)6-9-18/h4-11H,12-14H2,1-3H3,(H,25,26)/t32-/m1/s1. The summed E-state index contributed by atoms with van der Waals surface area (Å²) in [5, 5.41) is 3.40. The zero-order valence-corrected chi connectivity index (χ0v) is 19.5. The molecule has 32 heavy (non-hydrogen) atoms. The molecular weight excluding hydrogens is 454 g/mol. The van der Waals surface area contributed by atoms with Gasteiger partial charge >= 0.3 is 0 Å². The van der Waals surface area contributed by atoms with Gasteiger partial charge in [-0.1, -0.05) is 17.7 Å². The average molecular weight is 478 g/mol. The SMILES string of the molecule is COc1ccc(CCNC(=O)c2ccc(C[S@@](=O)c3ccc(Cl)cc3)o2)c(OC)c1OC. The summed E-state index contributed by atoms with van der Waals surface area (Å²) in [6.45, 7) is 0.359. The lowest BCUT2D eigenvalue weighted by Gasteiger charge is -2.15. The number of amides is 1. The second-order valence-electron chi connectivity index (χ2n) is 6.71. The maximum absolute atomic E-state index is 12.5. The first kappa shape index (κ1) is 23.7. The van der Waals surface area contributed by atoms with E-state index in [0.29, 0.717) is 45.9 Å². The molecule has 1 amide bonds. The topological polar surface area (TPSA) is 87.0 Å². The molecule has 170 valence electrons. The zero-order chi connectivity index (χ0) is 23.1. The van der Waals surface area contributed by atoms with Crippen LogP contribution in [0.3, 0.4) is 0 Å². The highest BCUT2D eigenvalue weighted by Crippen LogP contribution is 2.39. The summed E-state index contributed by atoms with van der Waals surface area (Å²) in [5.74, 6) is 2.06. The number of hydrogen-bond donors (Lipinski definition) is 1. The maximum atomic E-state index is 12.5. The third kappa shape index (κ3) is 5.63. The molecule has 0 unspecified atom stereocenters. The van der Waals surface area contributed by atoms with E-state index in [9.17, 15) is 9.00 Å². The highest BCUT2D eigenvalue weighted by molar-refractivity contribution is 7.84. The van der Waals surface area contributed by atoms with E-state index >= 15 is 0 Å². The van der Waals surface area contributed by atoms with Gasteiger partial charge in [-0.2, -0.15) is 0 Å². The number of hydrogen-bond acceptors (Lipinski definition) is 6. The minimum atomic E-state index is -1.30. The number of furan rings is 1. The third-order valence-electron chi connectivity index (χ3n) is 4.70. The Kier molecular flexibility index (Phi) is 8.19. The summed E-state index contributed by atoms with van der Waals surface area (Å²) in [5.41, 5.74) is 0.865. The average Bonchev–Trinajstić information content (AvgIpc) is 3.27. The molecule has 0 fully saturated rings. The number of carbonyl (C=O) groups excluding carboxylic acids is 1. The van der Waals surface area contributed by atoms with Crippen molar-refractivity contribution in [1.29, 1.82) is 0 Å². The molecule has 0 aliphatic carbocycles. The fourth-order valence-electron chi connectivity index (χ4n) is 3.13. The van der Waals surface area contributed by atoms with E-state index in [-0.39, 0.29) is 17.4 Å². The van der Waals surface area contributed by atoms with Crippen LogP contribution in [-0.4, -0.2) is 38.0 Å². The first-order valence-electron chi connectivity index (χ1n) is 9.75. The van der Waals surface area contributed by atoms with E-state index in [0.717, 1.165) is 5.56 Å². The summed E-state index contributed by atoms with van der Waals surface area (Å²) in [6, 6.07) is 13.7. The number of methoxy groups -OCH3 is 3. The molecule has 0 aliphatic rings. The van der Waals surface area contributed by atoms with Crippen molar-refractivity contribution in [1.82, 2.24) is 5.32 Å². The molecule has 0 saturated carbocycles. The van der Waals surface area contributed by atoms with Crippen molar-refractivity contribution in [3.05, 3.63) is 70.6 Å². The van der Waals surface area contributed by atoms with Crippen molar-refractivity contribution in [2.45, 2.75) is 17.1 Å². The highest BCUT2D eigenvalue weighted by atomic mass is 35.5. The number of carbonyl (C=O) groups is 1. The van der Waals surface area contributed by atoms with Gasteiger partial charge in [-0.3, -0.25) is 9.00 Å². The molecule has 1 heterocycles. The van der Waals surface area contributed by atoms with E-state index < -0.39 is 10.8 Å². The van der Waals surface area contributed by atoms with E-state index in [1.54, 1.807) is 63.8 Å². The van der Waals surface area contributed by atoms with Crippen LogP contribution in [-0.2, 0) is 23.0 Å². The maximum Gasteiger partial charge on any atom is 0.287 e. The van der Waals surface area contributed by atoms with Gasteiger partial charge in [-0.25, -0.2) is 0 Å². The largest absolute Gasteiger partial charge is 0.493 e. The molecule has 1 atom stereocenters. The molecule has 2 aromatic carbocycles. The smallest absolute Gasteiger partial charge is 0.287 e. The van der Waals surface area contributed by atoms with Gasteiger partial charge in [0, 0.05) is 22.0 Å². The number of halogens is 1. The van der Waals surface area contributed by atoms with Crippen LogP contribution in [0, 0.1) is 0 Å². The Balaban J connectivity index is 1.58. The van der Waals surface area contributed by atoms with Gasteiger partial charge in [0.05, 0.1) is 37.9 Å². The lowest BCUT2D eigenvalue weighted by Crippen LogP contribution is -2.25. The van der Waals surface area contributed by atoms with Crippen LogP contribution in [0.1, 0.15) is 21.9 Å². The Labute approximate surface area is 194 Å². The van der Waals surface area contributed by atoms with E-state index in [2.05, 4.69) is 5.32 Å². The fraction of sp³-hybridized carbons (Fsp3) is 0.261. The second-order valence-corrected chi connectivity index (χ2v) is 8.60. The molecule has 3 rings (SSSR count). The lowest BCUT2D eigenvalue weighted by molar-refractivity contribution is 0.0925. The first-order chi connectivity index (χ1) is 15.5. The van der Waals surface area contributed by atoms with Gasteiger partial charge in [-0.05, 0) is 48.9 Å². The van der Waals surface area contributed by atoms with Gasteiger partial charge in [-0.15, -0.1) is 0 Å². The minimum Gasteiger partial charge on any atom is -0.493 e. The van der Waals surface area contributed by atoms with Gasteiger partial charge < -0.3 is 23.9 Å². The normalized spacial score (nSPS) is 11.6. The molecule has 1 N–H and O–H groups in total. The monoisotopic (exact) mass is 477 g/mol. The van der Waals surface area contributed by atoms with Crippen molar-refractivity contribution in [3.8, 4) is 17.2 Å². The quantitative estimate of drug-likeness (QED) is 0.470. The summed E-state index contributed by atoms with van der Waals surface area (Å²) >= 11 is 5.86. The molecule has 3 aromatic rings. The van der Waals surface area contributed by atoms with Gasteiger partial charge in [0.2, 0.25) is 5.75 Å². The van der Waals surface area contributed by atoms with Gasteiger partial charge in [0.25, 0.3) is 5.91 Å². The van der Waals surface area contributed by atoms with Crippen molar-refractivity contribution < 1.29 is 27.6 Å². The third-order valence-corrected chi connectivity index (χ3v) is 6.30. The predicted molar refractivity (Wildman–Crippen MR) is 122 cm³/mol. The Morgan fingerprint density at radius 1 is 0.969 bits per heavy atom. The highest BCUT2D eigenvalue weighted by Gasteiger charge is 2.17. The second kappa shape index (κ2) is 11.1. The van der Waals surface area contributed by atoms with Crippen molar-refractivity contribution in [3.63, 3.8) is 0 Å². The van der Waals surface area contributed by atoms with Gasteiger partial charge in [0.1, 0.15) is 5.76 Å². The van der Waals surface area contributed by atoms with E-state index in [4.69, 9.17) is 30.2 Å². The van der Waals surface area contributed by atoms with Crippen molar-refractivity contribution in [2.24, 2.45) is 0 Å². The van der Waals surface area contributed by atoms with Crippen molar-refractivity contribution in [2.75, 3.05) is 27.9 Å². The Morgan fingerprint density at radius 3 is 2.34 bits per heavy atom. The molecular formula is C23H24ClNO6S. The summed E-state index contributed by atoms with van der Waals surface area (Å²) in [7, 11) is 3.35. The molecule has 7 nitrogen and oxygen atoms in total. The Morgan fingerprint density at radius 2 is 1.69 bits per heavy atom. The molecule has 0 aliphatic heterocycles. The van der Waals surface area contributed by atoms with Crippen LogP contribution in [0.25, 0.3) is 0 Å².